The predicted molar refractivity (Wildman–Crippen MR) is 88.5 cm³/mol. The molecule has 2 heterocycles. The summed E-state index contributed by atoms with van der Waals surface area (Å²) < 4.78 is 1.45. The standard InChI is InChI=1S/C18H19N3O4/c22-14-10-21(13-6-2-1-3-7-13)19-15(14)16(23)20-9-12-5-4-8-18(12,11-20)17(24)25/h1-3,6-7,10,12,22H,4-5,8-9,11H2,(H,24,25)/t12-,18+/m0/s1. The number of aromatic nitrogens is 2. The summed E-state index contributed by atoms with van der Waals surface area (Å²) in [7, 11) is 0. The summed E-state index contributed by atoms with van der Waals surface area (Å²) in [6.07, 6.45) is 3.70. The van der Waals surface area contributed by atoms with Gasteiger partial charge in [0.25, 0.3) is 5.91 Å². The lowest BCUT2D eigenvalue weighted by Gasteiger charge is -2.23. The maximum absolute atomic E-state index is 12.8. The predicted octanol–water partition coefficient (Wildman–Crippen LogP) is 1.90. The highest BCUT2D eigenvalue weighted by molar-refractivity contribution is 5.95. The minimum absolute atomic E-state index is 0.0210. The molecule has 2 N–H and O–H groups in total. The van der Waals surface area contributed by atoms with Gasteiger partial charge >= 0.3 is 5.97 Å². The molecule has 2 aliphatic rings. The zero-order chi connectivity index (χ0) is 17.6. The minimum atomic E-state index is -0.840. The average molecular weight is 341 g/mol. The monoisotopic (exact) mass is 341 g/mol. The molecule has 7 heteroatoms. The first kappa shape index (κ1) is 15.7. The molecule has 1 aromatic carbocycles. The Bertz CT molecular complexity index is 832. The zero-order valence-corrected chi connectivity index (χ0v) is 13.6. The Morgan fingerprint density at radius 3 is 2.68 bits per heavy atom. The average Bonchev–Trinajstić information content (AvgIpc) is 3.27. The molecule has 4 rings (SSSR count). The summed E-state index contributed by atoms with van der Waals surface area (Å²) in [5.74, 6) is -1.46. The number of carboxylic acid groups (broad SMARTS) is 1. The zero-order valence-electron chi connectivity index (χ0n) is 13.6. The van der Waals surface area contributed by atoms with Crippen molar-refractivity contribution in [3.05, 3.63) is 42.2 Å². The maximum Gasteiger partial charge on any atom is 0.311 e. The molecular formula is C18H19N3O4. The number of fused-ring (bicyclic) bond motifs is 1. The van der Waals surface area contributed by atoms with E-state index in [1.54, 1.807) is 0 Å². The van der Waals surface area contributed by atoms with E-state index in [-0.39, 0.29) is 23.9 Å². The van der Waals surface area contributed by atoms with Crippen LogP contribution in [0.3, 0.4) is 0 Å². The molecule has 0 unspecified atom stereocenters. The van der Waals surface area contributed by atoms with Gasteiger partial charge in [0, 0.05) is 13.1 Å². The molecule has 1 saturated heterocycles. The molecule has 2 aromatic rings. The van der Waals surface area contributed by atoms with Crippen molar-refractivity contribution in [3.63, 3.8) is 0 Å². The molecular weight excluding hydrogens is 322 g/mol. The Hall–Kier alpha value is -2.83. The molecule has 1 aliphatic heterocycles. The lowest BCUT2D eigenvalue weighted by molar-refractivity contribution is -0.149. The third-order valence-electron chi connectivity index (χ3n) is 5.50. The second-order valence-corrected chi connectivity index (χ2v) is 6.88. The number of hydrogen-bond donors (Lipinski definition) is 2. The first-order valence-electron chi connectivity index (χ1n) is 8.38. The van der Waals surface area contributed by atoms with Gasteiger partial charge in [0.1, 0.15) is 0 Å². The van der Waals surface area contributed by atoms with Crippen LogP contribution < -0.4 is 0 Å². The van der Waals surface area contributed by atoms with E-state index in [2.05, 4.69) is 5.10 Å². The lowest BCUT2D eigenvalue weighted by atomic mass is 9.81. The fraction of sp³-hybridized carbons (Fsp3) is 0.389. The second kappa shape index (κ2) is 5.61. The van der Waals surface area contributed by atoms with Crippen LogP contribution in [0.25, 0.3) is 5.69 Å². The van der Waals surface area contributed by atoms with E-state index >= 15 is 0 Å². The Balaban J connectivity index is 1.60. The number of carbonyl (C=O) groups excluding carboxylic acids is 1. The Morgan fingerprint density at radius 1 is 1.24 bits per heavy atom. The van der Waals surface area contributed by atoms with E-state index in [1.165, 1.54) is 15.8 Å². The van der Waals surface area contributed by atoms with Gasteiger partial charge in [-0.1, -0.05) is 24.6 Å². The van der Waals surface area contributed by atoms with Crippen molar-refractivity contribution in [1.29, 1.82) is 0 Å². The van der Waals surface area contributed by atoms with Gasteiger partial charge in [-0.05, 0) is 30.9 Å². The minimum Gasteiger partial charge on any atom is -0.504 e. The number of aliphatic carboxylic acids is 1. The number of hydrogen-bond acceptors (Lipinski definition) is 4. The molecule has 1 amide bonds. The van der Waals surface area contributed by atoms with Crippen molar-refractivity contribution >= 4 is 11.9 Å². The van der Waals surface area contributed by atoms with Crippen LogP contribution in [0, 0.1) is 11.3 Å². The molecule has 1 saturated carbocycles. The van der Waals surface area contributed by atoms with Crippen LogP contribution in [0.15, 0.2) is 36.5 Å². The number of carbonyl (C=O) groups is 2. The van der Waals surface area contributed by atoms with Gasteiger partial charge in [-0.2, -0.15) is 5.10 Å². The first-order valence-corrected chi connectivity index (χ1v) is 8.38. The first-order chi connectivity index (χ1) is 12.0. The van der Waals surface area contributed by atoms with Gasteiger partial charge in [-0.3, -0.25) is 9.59 Å². The Labute approximate surface area is 144 Å². The topological polar surface area (TPSA) is 95.7 Å². The Kier molecular flexibility index (Phi) is 3.52. The summed E-state index contributed by atoms with van der Waals surface area (Å²) >= 11 is 0. The van der Waals surface area contributed by atoms with Crippen molar-refractivity contribution in [2.24, 2.45) is 11.3 Å². The van der Waals surface area contributed by atoms with Crippen LogP contribution >= 0.6 is 0 Å². The van der Waals surface area contributed by atoms with Gasteiger partial charge in [0.15, 0.2) is 11.4 Å². The van der Waals surface area contributed by atoms with Gasteiger partial charge in [-0.15, -0.1) is 0 Å². The van der Waals surface area contributed by atoms with E-state index in [0.29, 0.717) is 13.0 Å². The van der Waals surface area contributed by atoms with Crippen LogP contribution in [0.1, 0.15) is 29.8 Å². The number of nitrogens with zero attached hydrogens (tertiary/aromatic N) is 3. The summed E-state index contributed by atoms with van der Waals surface area (Å²) in [6, 6.07) is 9.19. The number of rotatable bonds is 3. The van der Waals surface area contributed by atoms with Crippen LogP contribution in [-0.4, -0.2) is 49.9 Å². The third-order valence-corrected chi connectivity index (χ3v) is 5.50. The molecule has 0 spiro atoms. The van der Waals surface area contributed by atoms with Crippen LogP contribution in [0.4, 0.5) is 0 Å². The normalized spacial score (nSPS) is 25.1. The van der Waals surface area contributed by atoms with Crippen molar-refractivity contribution < 1.29 is 19.8 Å². The number of aromatic hydroxyl groups is 1. The molecule has 25 heavy (non-hydrogen) atoms. The highest BCUT2D eigenvalue weighted by Gasteiger charge is 2.56. The highest BCUT2D eigenvalue weighted by Crippen LogP contribution is 2.49. The van der Waals surface area contributed by atoms with Crippen LogP contribution in [0.5, 0.6) is 5.75 Å². The van der Waals surface area contributed by atoms with Crippen molar-refractivity contribution in [3.8, 4) is 11.4 Å². The lowest BCUT2D eigenvalue weighted by Crippen LogP contribution is -2.37. The van der Waals surface area contributed by atoms with E-state index in [0.717, 1.165) is 18.5 Å². The molecule has 7 nitrogen and oxygen atoms in total. The van der Waals surface area contributed by atoms with Crippen molar-refractivity contribution in [2.75, 3.05) is 13.1 Å². The molecule has 2 fully saturated rings. The largest absolute Gasteiger partial charge is 0.504 e. The summed E-state index contributed by atoms with van der Waals surface area (Å²) in [4.78, 5) is 26.1. The van der Waals surface area contributed by atoms with Crippen LogP contribution in [-0.2, 0) is 4.79 Å². The fourth-order valence-electron chi connectivity index (χ4n) is 4.17. The smallest absolute Gasteiger partial charge is 0.311 e. The number of para-hydroxylation sites is 1. The summed E-state index contributed by atoms with van der Waals surface area (Å²) in [6.45, 7) is 0.590. The molecule has 1 aromatic heterocycles. The fourth-order valence-corrected chi connectivity index (χ4v) is 4.17. The van der Waals surface area contributed by atoms with E-state index in [1.807, 2.05) is 30.3 Å². The number of carboxylic acids is 1. The number of likely N-dealkylation sites (tertiary alicyclic amines) is 1. The highest BCUT2D eigenvalue weighted by atomic mass is 16.4. The SMILES string of the molecule is O=C(c1nn(-c2ccccc2)cc1O)N1C[C@@H]2CCC[C@@]2(C(=O)O)C1. The van der Waals surface area contributed by atoms with Crippen LogP contribution in [0.2, 0.25) is 0 Å². The van der Waals surface area contributed by atoms with E-state index < -0.39 is 17.3 Å². The number of benzene rings is 1. The van der Waals surface area contributed by atoms with Gasteiger partial charge in [0.2, 0.25) is 0 Å². The summed E-state index contributed by atoms with van der Waals surface area (Å²) in [5, 5.41) is 24.0. The molecule has 130 valence electrons. The molecule has 0 radical (unpaired) electrons. The van der Waals surface area contributed by atoms with E-state index in [4.69, 9.17) is 0 Å². The van der Waals surface area contributed by atoms with E-state index in [9.17, 15) is 19.8 Å². The third kappa shape index (κ3) is 2.38. The second-order valence-electron chi connectivity index (χ2n) is 6.88. The van der Waals surface area contributed by atoms with Crippen molar-refractivity contribution in [2.45, 2.75) is 19.3 Å². The number of amides is 1. The van der Waals surface area contributed by atoms with Gasteiger partial charge in [0.05, 0.1) is 17.3 Å². The van der Waals surface area contributed by atoms with Crippen molar-refractivity contribution in [1.82, 2.24) is 14.7 Å². The molecule has 1 aliphatic carbocycles. The van der Waals surface area contributed by atoms with Gasteiger partial charge in [-0.25, -0.2) is 4.68 Å². The molecule has 0 bridgehead atoms. The van der Waals surface area contributed by atoms with Gasteiger partial charge < -0.3 is 15.1 Å². The maximum atomic E-state index is 12.8. The quantitative estimate of drug-likeness (QED) is 0.889. The Morgan fingerprint density at radius 2 is 2.00 bits per heavy atom. The summed E-state index contributed by atoms with van der Waals surface area (Å²) in [5.41, 5.74) is -0.144. The molecule has 2 atom stereocenters.